The Morgan fingerprint density at radius 3 is 1.63 bits per heavy atom. The van der Waals surface area contributed by atoms with Crippen molar-refractivity contribution in [3.63, 3.8) is 0 Å². The zero-order valence-electron chi connectivity index (χ0n) is 16.2. The highest BCUT2D eigenvalue weighted by Gasteiger charge is 2.17. The van der Waals surface area contributed by atoms with Gasteiger partial charge in [-0.3, -0.25) is 0 Å². The lowest BCUT2D eigenvalue weighted by atomic mass is 9.85. The Balaban J connectivity index is 1.74. The largest absolute Gasteiger partial charge is 0.0616 e. The van der Waals surface area contributed by atoms with Crippen LogP contribution in [0.2, 0.25) is 0 Å². The summed E-state index contributed by atoms with van der Waals surface area (Å²) < 4.78 is 0. The van der Waals surface area contributed by atoms with Crippen LogP contribution < -0.4 is 0 Å². The molecule has 0 atom stereocenters. The van der Waals surface area contributed by atoms with Crippen molar-refractivity contribution in [3.05, 3.63) is 97.1 Å². The zero-order valence-corrected chi connectivity index (χ0v) is 16.2. The zero-order chi connectivity index (χ0) is 19.4. The molecule has 8 rings (SSSR count). The van der Waals surface area contributed by atoms with Crippen LogP contribution in [0.25, 0.3) is 75.4 Å². The molecule has 0 saturated heterocycles. The molecule has 0 saturated carbocycles. The number of fused-ring (bicyclic) bond motifs is 3. The van der Waals surface area contributed by atoms with E-state index in [2.05, 4.69) is 97.1 Å². The molecule has 0 heterocycles. The highest BCUT2D eigenvalue weighted by molar-refractivity contribution is 6.39. The van der Waals surface area contributed by atoms with Gasteiger partial charge >= 0.3 is 0 Å². The third kappa shape index (κ3) is 1.70. The van der Waals surface area contributed by atoms with Gasteiger partial charge in [0.15, 0.2) is 0 Å². The summed E-state index contributed by atoms with van der Waals surface area (Å²) in [5.74, 6) is 0. The minimum absolute atomic E-state index is 1.30. The SMILES string of the molecule is c1ccc2cc3c(cc2c1)cc1ccc2cc4cccc5ccc6cc3c1c2c6c54. The fraction of sp³-hybridized carbons (Fsp3) is 0. The molecule has 0 radical (unpaired) electrons. The van der Waals surface area contributed by atoms with Crippen molar-refractivity contribution in [2.45, 2.75) is 0 Å². The number of rotatable bonds is 0. The second kappa shape index (κ2) is 4.98. The summed E-state index contributed by atoms with van der Waals surface area (Å²) in [5.41, 5.74) is 0. The van der Waals surface area contributed by atoms with Crippen LogP contribution in [0, 0.1) is 0 Å². The first-order valence-corrected chi connectivity index (χ1v) is 10.5. The van der Waals surface area contributed by atoms with Crippen LogP contribution in [0.4, 0.5) is 0 Å². The van der Waals surface area contributed by atoms with Gasteiger partial charge < -0.3 is 0 Å². The molecule has 0 spiro atoms. The maximum atomic E-state index is 2.42. The maximum Gasteiger partial charge on any atom is -0.00139 e. The number of hydrogen-bond donors (Lipinski definition) is 0. The normalized spacial score (nSPS) is 12.7. The lowest BCUT2D eigenvalue weighted by Gasteiger charge is -2.18. The van der Waals surface area contributed by atoms with Crippen molar-refractivity contribution in [2.24, 2.45) is 0 Å². The molecule has 8 aromatic carbocycles. The Hall–Kier alpha value is -3.90. The Morgan fingerprint density at radius 1 is 0.267 bits per heavy atom. The van der Waals surface area contributed by atoms with Crippen molar-refractivity contribution in [3.8, 4) is 0 Å². The number of benzene rings is 8. The quantitative estimate of drug-likeness (QED) is 0.183. The third-order valence-corrected chi connectivity index (χ3v) is 7.03. The highest BCUT2D eigenvalue weighted by atomic mass is 14.2. The Labute approximate surface area is 172 Å². The van der Waals surface area contributed by atoms with Gasteiger partial charge in [0.05, 0.1) is 0 Å². The average Bonchev–Trinajstić information content (AvgIpc) is 2.79. The predicted molar refractivity (Wildman–Crippen MR) is 131 cm³/mol. The molecule has 0 aliphatic heterocycles. The van der Waals surface area contributed by atoms with E-state index in [-0.39, 0.29) is 0 Å². The molecular formula is C30H16. The van der Waals surface area contributed by atoms with Gasteiger partial charge in [-0.05, 0) is 106 Å². The topological polar surface area (TPSA) is 0 Å². The minimum atomic E-state index is 1.30. The summed E-state index contributed by atoms with van der Waals surface area (Å²) in [4.78, 5) is 0. The Bertz CT molecular complexity index is 1940. The molecule has 0 amide bonds. The van der Waals surface area contributed by atoms with Crippen molar-refractivity contribution < 1.29 is 0 Å². The van der Waals surface area contributed by atoms with Crippen LogP contribution in [0.3, 0.4) is 0 Å². The van der Waals surface area contributed by atoms with E-state index in [9.17, 15) is 0 Å². The van der Waals surface area contributed by atoms with Gasteiger partial charge in [-0.1, -0.05) is 66.7 Å². The van der Waals surface area contributed by atoms with E-state index in [0.29, 0.717) is 0 Å². The molecule has 0 fully saturated rings. The van der Waals surface area contributed by atoms with E-state index in [1.54, 1.807) is 0 Å². The summed E-state index contributed by atoms with van der Waals surface area (Å²) in [6.45, 7) is 0. The molecule has 0 aliphatic carbocycles. The molecule has 8 aromatic rings. The summed E-state index contributed by atoms with van der Waals surface area (Å²) in [6.07, 6.45) is 0. The van der Waals surface area contributed by atoms with Crippen LogP contribution in [-0.2, 0) is 0 Å². The lowest BCUT2D eigenvalue weighted by molar-refractivity contribution is 1.79. The Kier molecular flexibility index (Phi) is 2.49. The molecule has 0 aromatic heterocycles. The lowest BCUT2D eigenvalue weighted by Crippen LogP contribution is -1.90. The highest BCUT2D eigenvalue weighted by Crippen LogP contribution is 2.45. The van der Waals surface area contributed by atoms with Gasteiger partial charge in [0, 0.05) is 0 Å². The van der Waals surface area contributed by atoms with Crippen molar-refractivity contribution in [1.82, 2.24) is 0 Å². The minimum Gasteiger partial charge on any atom is -0.0616 e. The van der Waals surface area contributed by atoms with Gasteiger partial charge in [0.25, 0.3) is 0 Å². The summed E-state index contributed by atoms with van der Waals surface area (Å²) in [5, 5.41) is 18.9. The van der Waals surface area contributed by atoms with Gasteiger partial charge in [-0.15, -0.1) is 0 Å². The first-order chi connectivity index (χ1) is 14.8. The molecule has 0 aliphatic rings. The molecule has 136 valence electrons. The monoisotopic (exact) mass is 376 g/mol. The van der Waals surface area contributed by atoms with E-state index in [4.69, 9.17) is 0 Å². The van der Waals surface area contributed by atoms with E-state index >= 15 is 0 Å². The number of hydrogen-bond acceptors (Lipinski definition) is 0. The van der Waals surface area contributed by atoms with E-state index in [1.165, 1.54) is 75.4 Å². The molecule has 0 unspecified atom stereocenters. The smallest absolute Gasteiger partial charge is 0.00139 e. The molecule has 0 bridgehead atoms. The van der Waals surface area contributed by atoms with Crippen LogP contribution >= 0.6 is 0 Å². The summed E-state index contributed by atoms with van der Waals surface area (Å²) >= 11 is 0. The first kappa shape index (κ1) is 15.0. The van der Waals surface area contributed by atoms with Gasteiger partial charge in [0.2, 0.25) is 0 Å². The van der Waals surface area contributed by atoms with Gasteiger partial charge in [0.1, 0.15) is 0 Å². The first-order valence-electron chi connectivity index (χ1n) is 10.5. The van der Waals surface area contributed by atoms with E-state index in [1.807, 2.05) is 0 Å². The second-order valence-electron chi connectivity index (χ2n) is 8.60. The molecule has 0 nitrogen and oxygen atoms in total. The van der Waals surface area contributed by atoms with Gasteiger partial charge in [-0.2, -0.15) is 0 Å². The van der Waals surface area contributed by atoms with Crippen LogP contribution in [0.5, 0.6) is 0 Å². The molecule has 30 heavy (non-hydrogen) atoms. The summed E-state index contributed by atoms with van der Waals surface area (Å²) in [7, 11) is 0. The summed E-state index contributed by atoms with van der Waals surface area (Å²) in [6, 6.07) is 36.4. The van der Waals surface area contributed by atoms with Crippen molar-refractivity contribution in [1.29, 1.82) is 0 Å². The van der Waals surface area contributed by atoms with Crippen LogP contribution in [-0.4, -0.2) is 0 Å². The third-order valence-electron chi connectivity index (χ3n) is 7.03. The van der Waals surface area contributed by atoms with E-state index < -0.39 is 0 Å². The van der Waals surface area contributed by atoms with Crippen LogP contribution in [0.1, 0.15) is 0 Å². The van der Waals surface area contributed by atoms with Gasteiger partial charge in [-0.25, -0.2) is 0 Å². The molecular weight excluding hydrogens is 360 g/mol. The molecule has 0 N–H and O–H groups in total. The Morgan fingerprint density at radius 2 is 0.767 bits per heavy atom. The maximum absolute atomic E-state index is 2.42. The van der Waals surface area contributed by atoms with Crippen LogP contribution in [0.15, 0.2) is 97.1 Å². The standard InChI is InChI=1S/C30H16/c1-2-5-19-15-25-24(12-18(19)4-1)14-21-10-11-22-13-20-7-3-6-17-8-9-23-16-26(25)28(21)30(22)29(23)27(17)20/h1-16H. The van der Waals surface area contributed by atoms with Crippen molar-refractivity contribution in [2.75, 3.05) is 0 Å². The second-order valence-corrected chi connectivity index (χ2v) is 8.60. The predicted octanol–water partition coefficient (Wildman–Crippen LogP) is 8.63. The average molecular weight is 376 g/mol. The fourth-order valence-electron chi connectivity index (χ4n) is 5.75. The molecule has 0 heteroatoms. The van der Waals surface area contributed by atoms with Crippen molar-refractivity contribution >= 4 is 75.4 Å². The van der Waals surface area contributed by atoms with E-state index in [0.717, 1.165) is 0 Å². The fourth-order valence-corrected chi connectivity index (χ4v) is 5.75.